The number of hydrogen-bond acceptors (Lipinski definition) is 2. The number of aryl methyl sites for hydroxylation is 2. The first-order valence-corrected chi connectivity index (χ1v) is 6.71. The maximum atomic E-state index is 11.5. The van der Waals surface area contributed by atoms with E-state index in [1.54, 1.807) is 4.68 Å². The summed E-state index contributed by atoms with van der Waals surface area (Å²) in [5.41, 5.74) is 0.964. The molecule has 0 aromatic carbocycles. The smallest absolute Gasteiger partial charge is 0.310 e. The quantitative estimate of drug-likeness (QED) is 0.895. The number of nitrogens with zero attached hydrogens (tertiary/aromatic N) is 2. The van der Waals surface area contributed by atoms with Crippen LogP contribution in [0.25, 0.3) is 0 Å². The second-order valence-electron chi connectivity index (χ2n) is 5.36. The van der Waals surface area contributed by atoms with E-state index in [2.05, 4.69) is 5.10 Å². The van der Waals surface area contributed by atoms with Gasteiger partial charge in [0.2, 0.25) is 0 Å². The Hall–Kier alpha value is -1.03. The summed E-state index contributed by atoms with van der Waals surface area (Å²) in [7, 11) is 1.83. The lowest BCUT2D eigenvalue weighted by atomic mass is 9.80. The van der Waals surface area contributed by atoms with Crippen molar-refractivity contribution >= 4 is 17.6 Å². The zero-order chi connectivity index (χ0) is 13.5. The summed E-state index contributed by atoms with van der Waals surface area (Å²) in [6.45, 7) is 3.82. The molecule has 1 fully saturated rings. The van der Waals surface area contributed by atoms with Crippen LogP contribution >= 0.6 is 11.6 Å². The fraction of sp³-hybridized carbons (Fsp3) is 0.692. The van der Waals surface area contributed by atoms with E-state index in [-0.39, 0.29) is 5.92 Å². The number of hydrogen-bond donors (Lipinski definition) is 1. The number of aliphatic carboxylic acids is 1. The molecule has 1 heterocycles. The van der Waals surface area contributed by atoms with Crippen molar-refractivity contribution in [1.29, 1.82) is 0 Å². The minimum atomic E-state index is -0.736. The molecule has 0 aliphatic heterocycles. The highest BCUT2D eigenvalue weighted by Crippen LogP contribution is 2.48. The highest BCUT2D eigenvalue weighted by atomic mass is 35.5. The fourth-order valence-electron chi connectivity index (χ4n) is 2.47. The minimum absolute atomic E-state index is 0.269. The van der Waals surface area contributed by atoms with Gasteiger partial charge in [-0.3, -0.25) is 9.48 Å². The number of halogens is 1. The summed E-state index contributed by atoms with van der Waals surface area (Å²) < 4.78 is 1.73. The van der Waals surface area contributed by atoms with Gasteiger partial charge in [0.1, 0.15) is 0 Å². The molecular formula is C13H19ClN2O2. The van der Waals surface area contributed by atoms with Crippen molar-refractivity contribution in [3.8, 4) is 0 Å². The molecule has 1 aliphatic rings. The van der Waals surface area contributed by atoms with Gasteiger partial charge in [0.15, 0.2) is 0 Å². The topological polar surface area (TPSA) is 55.1 Å². The number of rotatable bonds is 5. The third-order valence-electron chi connectivity index (χ3n) is 4.00. The Bertz CT molecular complexity index is 480. The first kappa shape index (κ1) is 13.4. The third-order valence-corrected chi connectivity index (χ3v) is 4.44. The Morgan fingerprint density at radius 1 is 1.61 bits per heavy atom. The Kier molecular flexibility index (Phi) is 3.41. The lowest BCUT2D eigenvalue weighted by molar-refractivity contribution is -0.149. The summed E-state index contributed by atoms with van der Waals surface area (Å²) in [5.74, 6) is -0.466. The van der Waals surface area contributed by atoms with E-state index >= 15 is 0 Å². The van der Waals surface area contributed by atoms with Crippen molar-refractivity contribution in [2.24, 2.45) is 18.4 Å². The molecule has 1 unspecified atom stereocenters. The molecule has 0 amide bonds. The SMILES string of the molecule is CCc1nn(C)c(CC(C)(C(=O)O)C2CC2)c1Cl. The average Bonchev–Trinajstić information content (AvgIpc) is 3.12. The predicted octanol–water partition coefficient (Wildman–Crippen LogP) is 2.68. The second-order valence-corrected chi connectivity index (χ2v) is 5.74. The molecule has 18 heavy (non-hydrogen) atoms. The van der Waals surface area contributed by atoms with Crippen molar-refractivity contribution in [2.45, 2.75) is 39.5 Å². The molecule has 0 spiro atoms. The van der Waals surface area contributed by atoms with Gasteiger partial charge in [-0.15, -0.1) is 0 Å². The maximum absolute atomic E-state index is 11.5. The van der Waals surface area contributed by atoms with E-state index in [0.29, 0.717) is 11.4 Å². The Morgan fingerprint density at radius 2 is 2.22 bits per heavy atom. The van der Waals surface area contributed by atoms with E-state index in [4.69, 9.17) is 11.6 Å². The molecule has 1 N–H and O–H groups in total. The molecule has 0 saturated heterocycles. The average molecular weight is 271 g/mol. The molecule has 5 heteroatoms. The molecule has 0 bridgehead atoms. The molecule has 100 valence electrons. The molecule has 1 atom stereocenters. The van der Waals surface area contributed by atoms with Crippen molar-refractivity contribution in [1.82, 2.24) is 9.78 Å². The van der Waals surface area contributed by atoms with Gasteiger partial charge < -0.3 is 5.11 Å². The van der Waals surface area contributed by atoms with Gasteiger partial charge in [-0.25, -0.2) is 0 Å². The largest absolute Gasteiger partial charge is 0.481 e. The van der Waals surface area contributed by atoms with Gasteiger partial charge in [0.25, 0.3) is 0 Å². The van der Waals surface area contributed by atoms with Gasteiger partial charge >= 0.3 is 5.97 Å². The van der Waals surface area contributed by atoms with Gasteiger partial charge in [0.05, 0.1) is 21.8 Å². The van der Waals surface area contributed by atoms with Gasteiger partial charge in [0, 0.05) is 13.5 Å². The molecule has 1 aliphatic carbocycles. The van der Waals surface area contributed by atoms with Gasteiger partial charge in [-0.2, -0.15) is 5.10 Å². The highest BCUT2D eigenvalue weighted by molar-refractivity contribution is 6.31. The minimum Gasteiger partial charge on any atom is -0.481 e. The Morgan fingerprint density at radius 3 is 2.61 bits per heavy atom. The van der Waals surface area contributed by atoms with Gasteiger partial charge in [-0.05, 0) is 32.1 Å². The van der Waals surface area contributed by atoms with Crippen molar-refractivity contribution in [3.63, 3.8) is 0 Å². The fourth-order valence-corrected chi connectivity index (χ4v) is 2.84. The Labute approximate surface area is 112 Å². The molecule has 0 radical (unpaired) electrons. The lowest BCUT2D eigenvalue weighted by Crippen LogP contribution is -2.33. The van der Waals surface area contributed by atoms with Crippen LogP contribution in [0.1, 0.15) is 38.1 Å². The van der Waals surface area contributed by atoms with E-state index in [1.807, 2.05) is 20.9 Å². The van der Waals surface area contributed by atoms with Crippen molar-refractivity contribution in [3.05, 3.63) is 16.4 Å². The van der Waals surface area contributed by atoms with Crippen LogP contribution in [-0.4, -0.2) is 20.9 Å². The molecule has 2 rings (SSSR count). The summed E-state index contributed by atoms with van der Waals surface area (Å²) in [6, 6.07) is 0. The van der Waals surface area contributed by atoms with Crippen LogP contribution in [0.15, 0.2) is 0 Å². The molecule has 4 nitrogen and oxygen atoms in total. The van der Waals surface area contributed by atoms with Crippen molar-refractivity contribution in [2.75, 3.05) is 0 Å². The highest BCUT2D eigenvalue weighted by Gasteiger charge is 2.48. The van der Waals surface area contributed by atoms with E-state index in [1.165, 1.54) is 0 Å². The molecule has 1 saturated carbocycles. The normalized spacial score (nSPS) is 18.7. The number of aromatic nitrogens is 2. The Balaban J connectivity index is 2.32. The van der Waals surface area contributed by atoms with Crippen LogP contribution in [0.4, 0.5) is 0 Å². The van der Waals surface area contributed by atoms with E-state index < -0.39 is 11.4 Å². The zero-order valence-electron chi connectivity index (χ0n) is 11.0. The van der Waals surface area contributed by atoms with Crippen LogP contribution in [0.5, 0.6) is 0 Å². The maximum Gasteiger partial charge on any atom is 0.310 e. The lowest BCUT2D eigenvalue weighted by Gasteiger charge is -2.24. The summed E-state index contributed by atoms with van der Waals surface area (Å²) in [6.07, 6.45) is 3.22. The zero-order valence-corrected chi connectivity index (χ0v) is 11.8. The predicted molar refractivity (Wildman–Crippen MR) is 69.8 cm³/mol. The van der Waals surface area contributed by atoms with Crippen LogP contribution in [0.2, 0.25) is 5.02 Å². The summed E-state index contributed by atoms with van der Waals surface area (Å²) in [4.78, 5) is 11.5. The first-order chi connectivity index (χ1) is 8.40. The van der Waals surface area contributed by atoms with Crippen LogP contribution in [0.3, 0.4) is 0 Å². The van der Waals surface area contributed by atoms with E-state index in [9.17, 15) is 9.90 Å². The molecule has 1 aromatic heterocycles. The molecule has 1 aromatic rings. The number of carboxylic acids is 1. The van der Waals surface area contributed by atoms with Crippen LogP contribution in [-0.2, 0) is 24.7 Å². The van der Waals surface area contributed by atoms with Crippen molar-refractivity contribution < 1.29 is 9.90 Å². The summed E-state index contributed by atoms with van der Waals surface area (Å²) in [5, 5.41) is 14.5. The molecular weight excluding hydrogens is 252 g/mol. The number of carbonyl (C=O) groups is 1. The number of carboxylic acid groups (broad SMARTS) is 1. The standard InChI is InChI=1S/C13H19ClN2O2/c1-4-9-11(14)10(16(3)15-9)7-13(2,12(17)18)8-5-6-8/h8H,4-7H2,1-3H3,(H,17,18). The van der Waals surface area contributed by atoms with E-state index in [0.717, 1.165) is 30.7 Å². The van der Waals surface area contributed by atoms with Gasteiger partial charge in [-0.1, -0.05) is 18.5 Å². The third kappa shape index (κ3) is 2.14. The van der Waals surface area contributed by atoms with Crippen LogP contribution in [0, 0.1) is 11.3 Å². The monoisotopic (exact) mass is 270 g/mol. The first-order valence-electron chi connectivity index (χ1n) is 6.33. The summed E-state index contributed by atoms with van der Waals surface area (Å²) >= 11 is 6.29. The second kappa shape index (κ2) is 4.57. The van der Waals surface area contributed by atoms with Crippen LogP contribution < -0.4 is 0 Å².